The number of methoxy groups -OCH3 is 2. The Labute approximate surface area is 247 Å². The molecule has 1 amide bonds. The standard InChI is InChI=1S/C28H32Cl2N6O5/c1-4-22(37)33-18-13-41-14-19(18)35-28-32-12-16-9-17(23-24(29)20(38-2)10-21(39-3)25(23)30)34-27(26(16)36-28)31-11-15-5-7-40-8-6-15/h4,9-10,12,15,18-19H,1,5-8,11,13-14H2,2-3H3,(H,31,34)(H,33,37)(H,32,35,36)/t18-,19?/m0/s1. The monoisotopic (exact) mass is 602 g/mol. The summed E-state index contributed by atoms with van der Waals surface area (Å²) in [4.78, 5) is 26.1. The van der Waals surface area contributed by atoms with Crippen LogP contribution in [0.25, 0.3) is 22.2 Å². The Hall–Kier alpha value is -3.38. The Bertz CT molecular complexity index is 1410. The van der Waals surface area contributed by atoms with Gasteiger partial charge in [-0.25, -0.2) is 15.0 Å². The Balaban J connectivity index is 1.53. The number of amides is 1. The zero-order chi connectivity index (χ0) is 28.9. The van der Waals surface area contributed by atoms with Crippen LogP contribution in [0, 0.1) is 5.92 Å². The second-order valence-electron chi connectivity index (χ2n) is 9.82. The van der Waals surface area contributed by atoms with Crippen molar-refractivity contribution < 1.29 is 23.7 Å². The molecule has 2 aliphatic heterocycles. The molecule has 0 radical (unpaired) electrons. The van der Waals surface area contributed by atoms with E-state index in [9.17, 15) is 4.79 Å². The summed E-state index contributed by atoms with van der Waals surface area (Å²) < 4.78 is 22.0. The third kappa shape index (κ3) is 6.43. The molecule has 41 heavy (non-hydrogen) atoms. The first-order chi connectivity index (χ1) is 19.9. The number of aromatic nitrogens is 3. The summed E-state index contributed by atoms with van der Waals surface area (Å²) in [6, 6.07) is 3.00. The van der Waals surface area contributed by atoms with Crippen LogP contribution < -0.4 is 25.4 Å². The normalized spacial score (nSPS) is 19.1. The zero-order valence-corrected chi connectivity index (χ0v) is 24.3. The second-order valence-corrected chi connectivity index (χ2v) is 10.6. The van der Waals surface area contributed by atoms with Gasteiger partial charge in [0.1, 0.15) is 17.0 Å². The smallest absolute Gasteiger partial charge is 0.243 e. The van der Waals surface area contributed by atoms with E-state index >= 15 is 0 Å². The van der Waals surface area contributed by atoms with E-state index in [1.165, 1.54) is 20.3 Å². The first-order valence-corrected chi connectivity index (χ1v) is 14.0. The SMILES string of the molecule is C=CC(=O)N[C@H]1COCC1Nc1ncc2cc(-c3c(Cl)c(OC)cc(OC)c3Cl)nc(NCC3CCOCC3)c2n1. The predicted molar refractivity (Wildman–Crippen MR) is 158 cm³/mol. The highest BCUT2D eigenvalue weighted by Crippen LogP contribution is 2.46. The molecule has 3 aromatic rings. The first-order valence-electron chi connectivity index (χ1n) is 13.3. The van der Waals surface area contributed by atoms with Crippen LogP contribution >= 0.6 is 23.2 Å². The third-order valence-corrected chi connectivity index (χ3v) is 7.95. The van der Waals surface area contributed by atoms with Gasteiger partial charge in [-0.2, -0.15) is 0 Å². The minimum Gasteiger partial charge on any atom is -0.495 e. The molecule has 2 aliphatic rings. The number of nitrogens with zero attached hydrogens (tertiary/aromatic N) is 3. The molecule has 1 unspecified atom stereocenters. The van der Waals surface area contributed by atoms with Crippen molar-refractivity contribution in [2.45, 2.75) is 24.9 Å². The molecule has 2 aromatic heterocycles. The number of ether oxygens (including phenoxy) is 4. The number of benzene rings is 1. The third-order valence-electron chi connectivity index (χ3n) is 7.20. The van der Waals surface area contributed by atoms with Crippen molar-refractivity contribution in [3.8, 4) is 22.8 Å². The molecule has 3 N–H and O–H groups in total. The maximum absolute atomic E-state index is 11.9. The number of hydrogen-bond acceptors (Lipinski definition) is 10. The number of hydrogen-bond donors (Lipinski definition) is 3. The summed E-state index contributed by atoms with van der Waals surface area (Å²) in [6.07, 6.45) is 4.85. The van der Waals surface area contributed by atoms with Crippen molar-refractivity contribution in [2.75, 3.05) is 57.8 Å². The van der Waals surface area contributed by atoms with Crippen molar-refractivity contribution in [1.82, 2.24) is 20.3 Å². The zero-order valence-electron chi connectivity index (χ0n) is 22.8. The number of halogens is 2. The number of carbonyl (C=O) groups is 1. The van der Waals surface area contributed by atoms with Crippen LogP contribution in [-0.4, -0.2) is 80.1 Å². The minimum absolute atomic E-state index is 0.218. The number of nitrogens with one attached hydrogen (secondary N) is 3. The fourth-order valence-corrected chi connectivity index (χ4v) is 5.60. The van der Waals surface area contributed by atoms with Gasteiger partial charge in [-0.15, -0.1) is 0 Å². The lowest BCUT2D eigenvalue weighted by Crippen LogP contribution is -2.45. The van der Waals surface area contributed by atoms with E-state index in [0.717, 1.165) is 31.4 Å². The van der Waals surface area contributed by atoms with Crippen LogP contribution in [0.2, 0.25) is 10.0 Å². The highest BCUT2D eigenvalue weighted by molar-refractivity contribution is 6.41. The molecule has 4 heterocycles. The van der Waals surface area contributed by atoms with E-state index in [-0.39, 0.29) is 18.0 Å². The Morgan fingerprint density at radius 2 is 1.78 bits per heavy atom. The summed E-state index contributed by atoms with van der Waals surface area (Å²) in [7, 11) is 3.05. The molecule has 2 atom stereocenters. The first kappa shape index (κ1) is 29.1. The van der Waals surface area contributed by atoms with Crippen molar-refractivity contribution in [3.05, 3.63) is 41.0 Å². The summed E-state index contributed by atoms with van der Waals surface area (Å²) in [5.41, 5.74) is 1.61. The molecule has 1 aromatic carbocycles. The largest absolute Gasteiger partial charge is 0.495 e. The van der Waals surface area contributed by atoms with Crippen molar-refractivity contribution in [1.29, 1.82) is 0 Å². The van der Waals surface area contributed by atoms with Gasteiger partial charge in [-0.05, 0) is 30.9 Å². The maximum atomic E-state index is 11.9. The Morgan fingerprint density at radius 3 is 2.46 bits per heavy atom. The Morgan fingerprint density at radius 1 is 1.07 bits per heavy atom. The van der Waals surface area contributed by atoms with Crippen molar-refractivity contribution in [3.63, 3.8) is 0 Å². The van der Waals surface area contributed by atoms with Crippen LogP contribution in [-0.2, 0) is 14.3 Å². The highest BCUT2D eigenvalue weighted by Gasteiger charge is 2.30. The van der Waals surface area contributed by atoms with E-state index < -0.39 is 0 Å². The molecular formula is C28H32Cl2N6O5. The molecule has 5 rings (SSSR count). The number of carbonyl (C=O) groups excluding carboxylic acids is 1. The quantitative estimate of drug-likeness (QED) is 0.288. The van der Waals surface area contributed by atoms with Gasteiger partial charge in [-0.3, -0.25) is 4.79 Å². The van der Waals surface area contributed by atoms with Gasteiger partial charge in [0.05, 0.1) is 55.3 Å². The molecule has 11 nitrogen and oxygen atoms in total. The second kappa shape index (κ2) is 13.1. The molecule has 2 saturated heterocycles. The molecule has 13 heteroatoms. The van der Waals surface area contributed by atoms with E-state index in [1.54, 1.807) is 12.3 Å². The number of fused-ring (bicyclic) bond motifs is 1. The maximum Gasteiger partial charge on any atom is 0.243 e. The van der Waals surface area contributed by atoms with Gasteiger partial charge in [0.15, 0.2) is 5.82 Å². The molecule has 2 fully saturated rings. The van der Waals surface area contributed by atoms with Crippen LogP contribution in [0.4, 0.5) is 11.8 Å². The van der Waals surface area contributed by atoms with Crippen LogP contribution in [0.5, 0.6) is 11.5 Å². The van der Waals surface area contributed by atoms with E-state index in [4.69, 9.17) is 52.1 Å². The minimum atomic E-state index is -0.269. The van der Waals surface area contributed by atoms with Crippen molar-refractivity contribution >= 4 is 51.8 Å². The van der Waals surface area contributed by atoms with Crippen LogP contribution in [0.15, 0.2) is 31.0 Å². The van der Waals surface area contributed by atoms with E-state index in [2.05, 4.69) is 27.5 Å². The van der Waals surface area contributed by atoms with Gasteiger partial charge < -0.3 is 34.9 Å². The molecule has 218 valence electrons. The van der Waals surface area contributed by atoms with Gasteiger partial charge >= 0.3 is 0 Å². The van der Waals surface area contributed by atoms with E-state index in [1.807, 2.05) is 6.07 Å². The summed E-state index contributed by atoms with van der Waals surface area (Å²) in [6.45, 7) is 6.44. The molecule has 0 bridgehead atoms. The molecule has 0 spiro atoms. The topological polar surface area (TPSA) is 129 Å². The van der Waals surface area contributed by atoms with Crippen LogP contribution in [0.1, 0.15) is 12.8 Å². The number of anilines is 2. The number of rotatable bonds is 10. The Kier molecular flexibility index (Phi) is 9.29. The van der Waals surface area contributed by atoms with Gasteiger partial charge in [-0.1, -0.05) is 29.8 Å². The highest BCUT2D eigenvalue weighted by atomic mass is 35.5. The summed E-state index contributed by atoms with van der Waals surface area (Å²) in [5, 5.41) is 11.0. The lowest BCUT2D eigenvalue weighted by atomic mass is 10.0. The van der Waals surface area contributed by atoms with Crippen molar-refractivity contribution in [2.24, 2.45) is 5.92 Å². The van der Waals surface area contributed by atoms with Gasteiger partial charge in [0.25, 0.3) is 0 Å². The summed E-state index contributed by atoms with van der Waals surface area (Å²) in [5.74, 6) is 1.92. The predicted octanol–water partition coefficient (Wildman–Crippen LogP) is 4.34. The molecular weight excluding hydrogens is 571 g/mol. The average Bonchev–Trinajstić information content (AvgIpc) is 3.42. The fourth-order valence-electron chi connectivity index (χ4n) is 4.91. The molecule has 0 aliphatic carbocycles. The lowest BCUT2D eigenvalue weighted by molar-refractivity contribution is -0.117. The van der Waals surface area contributed by atoms with E-state index in [0.29, 0.717) is 75.8 Å². The number of pyridine rings is 1. The average molecular weight is 604 g/mol. The fraction of sp³-hybridized carbons (Fsp3) is 0.429. The molecule has 0 saturated carbocycles. The summed E-state index contributed by atoms with van der Waals surface area (Å²) >= 11 is 13.5. The van der Waals surface area contributed by atoms with Gasteiger partial charge in [0, 0.05) is 43.0 Å². The van der Waals surface area contributed by atoms with Gasteiger partial charge in [0.2, 0.25) is 11.9 Å². The lowest BCUT2D eigenvalue weighted by Gasteiger charge is -2.23. The van der Waals surface area contributed by atoms with Crippen LogP contribution in [0.3, 0.4) is 0 Å².